The molecule has 1 N–H and O–H groups in total. The van der Waals surface area contributed by atoms with E-state index in [1.807, 2.05) is 14.0 Å². The van der Waals surface area contributed by atoms with E-state index in [9.17, 15) is 4.79 Å². The predicted octanol–water partition coefficient (Wildman–Crippen LogP) is 3.04. The Hall–Kier alpha value is -1.29. The topological polar surface area (TPSA) is 45.2 Å². The van der Waals surface area contributed by atoms with Gasteiger partial charge in [-0.3, -0.25) is 4.79 Å². The number of anilines is 1. The van der Waals surface area contributed by atoms with Crippen LogP contribution < -0.4 is 5.32 Å². The minimum absolute atomic E-state index is 0.00986. The molecule has 4 nitrogen and oxygen atoms in total. The molecule has 0 bridgehead atoms. The molecule has 0 unspecified atom stereocenters. The molecule has 19 heavy (non-hydrogen) atoms. The van der Waals surface area contributed by atoms with Crippen LogP contribution in [0.1, 0.15) is 36.5 Å². The summed E-state index contributed by atoms with van der Waals surface area (Å²) in [6, 6.07) is 1.69. The number of nitrogens with zero attached hydrogens (tertiary/aromatic N) is 2. The van der Waals surface area contributed by atoms with Crippen LogP contribution in [-0.2, 0) is 0 Å². The first kappa shape index (κ1) is 14.1. The second kappa shape index (κ2) is 6.24. The summed E-state index contributed by atoms with van der Waals surface area (Å²) in [6.07, 6.45) is 5.34. The van der Waals surface area contributed by atoms with Gasteiger partial charge in [-0.25, -0.2) is 4.98 Å². The molecule has 1 aromatic heterocycles. The highest BCUT2D eigenvalue weighted by Gasteiger charge is 2.22. The Balaban J connectivity index is 2.03. The van der Waals surface area contributed by atoms with Gasteiger partial charge in [0.15, 0.2) is 0 Å². The van der Waals surface area contributed by atoms with Gasteiger partial charge in [0.25, 0.3) is 5.91 Å². The molecule has 1 saturated carbocycles. The quantitative estimate of drug-likeness (QED) is 0.902. The minimum Gasteiger partial charge on any atom is -0.369 e. The fourth-order valence-electron chi connectivity index (χ4n) is 2.22. The van der Waals surface area contributed by atoms with Gasteiger partial charge < -0.3 is 10.2 Å². The number of hydrogen-bond acceptors (Lipinski definition) is 3. The highest BCUT2D eigenvalue weighted by atomic mass is 35.5. The lowest BCUT2D eigenvalue weighted by molar-refractivity contribution is 0.0745. The van der Waals surface area contributed by atoms with E-state index in [1.165, 1.54) is 19.3 Å². The van der Waals surface area contributed by atoms with Gasteiger partial charge in [0, 0.05) is 26.3 Å². The fraction of sp³-hybridized carbons (Fsp3) is 0.571. The second-order valence-corrected chi connectivity index (χ2v) is 5.47. The maximum absolute atomic E-state index is 12.2. The van der Waals surface area contributed by atoms with E-state index in [-0.39, 0.29) is 5.91 Å². The molecule has 0 aliphatic heterocycles. The zero-order valence-corrected chi connectivity index (χ0v) is 12.2. The molecule has 0 aromatic carbocycles. The van der Waals surface area contributed by atoms with Crippen molar-refractivity contribution < 1.29 is 4.79 Å². The summed E-state index contributed by atoms with van der Waals surface area (Å²) in [5.41, 5.74) is 0.550. The highest BCUT2D eigenvalue weighted by Crippen LogP contribution is 2.27. The number of rotatable bonds is 5. The zero-order valence-electron chi connectivity index (χ0n) is 11.4. The zero-order chi connectivity index (χ0) is 13.8. The summed E-state index contributed by atoms with van der Waals surface area (Å²) in [5.74, 6) is 1.28. The van der Waals surface area contributed by atoms with Crippen LogP contribution in [0.25, 0.3) is 0 Å². The molecule has 0 saturated heterocycles. The molecule has 1 fully saturated rings. The normalized spacial score (nSPS) is 14.9. The molecule has 1 aliphatic carbocycles. The molecule has 0 spiro atoms. The molecular weight excluding hydrogens is 262 g/mol. The standard InChI is InChI=1S/C14H20ClN3O/c1-3-16-13-12(15)7-11(8-17-13)14(19)18(2)9-10-5-4-6-10/h7-8,10H,3-6,9H2,1-2H3,(H,16,17). The van der Waals surface area contributed by atoms with E-state index in [0.29, 0.717) is 22.3 Å². The van der Waals surface area contributed by atoms with Crippen LogP contribution >= 0.6 is 11.6 Å². The van der Waals surface area contributed by atoms with E-state index in [0.717, 1.165) is 13.1 Å². The van der Waals surface area contributed by atoms with Crippen molar-refractivity contribution in [3.63, 3.8) is 0 Å². The van der Waals surface area contributed by atoms with Crippen LogP contribution in [0.15, 0.2) is 12.3 Å². The summed E-state index contributed by atoms with van der Waals surface area (Å²) in [7, 11) is 1.84. The number of nitrogens with one attached hydrogen (secondary N) is 1. The number of hydrogen-bond donors (Lipinski definition) is 1. The molecular formula is C14H20ClN3O. The van der Waals surface area contributed by atoms with E-state index in [1.54, 1.807) is 17.2 Å². The smallest absolute Gasteiger partial charge is 0.255 e. The number of carbonyl (C=O) groups is 1. The number of amides is 1. The summed E-state index contributed by atoms with van der Waals surface area (Å²) in [4.78, 5) is 18.2. The monoisotopic (exact) mass is 281 g/mol. The number of carbonyl (C=O) groups excluding carboxylic acids is 1. The van der Waals surface area contributed by atoms with Crippen LogP contribution in [0.2, 0.25) is 5.02 Å². The lowest BCUT2D eigenvalue weighted by atomic mass is 9.85. The largest absolute Gasteiger partial charge is 0.369 e. The maximum atomic E-state index is 12.2. The van der Waals surface area contributed by atoms with Crippen LogP contribution in [0, 0.1) is 5.92 Å². The van der Waals surface area contributed by atoms with Crippen molar-refractivity contribution in [3.05, 3.63) is 22.8 Å². The molecule has 104 valence electrons. The minimum atomic E-state index is -0.00986. The van der Waals surface area contributed by atoms with Crippen LogP contribution in [0.3, 0.4) is 0 Å². The first-order chi connectivity index (χ1) is 9.11. The first-order valence-electron chi connectivity index (χ1n) is 6.76. The summed E-state index contributed by atoms with van der Waals surface area (Å²) in [5, 5.41) is 3.54. The van der Waals surface area contributed by atoms with Crippen molar-refractivity contribution in [2.45, 2.75) is 26.2 Å². The molecule has 1 amide bonds. The van der Waals surface area contributed by atoms with Gasteiger partial charge in [-0.2, -0.15) is 0 Å². The molecule has 1 heterocycles. The third kappa shape index (κ3) is 3.38. The van der Waals surface area contributed by atoms with Crippen molar-refractivity contribution in [2.75, 3.05) is 25.5 Å². The van der Waals surface area contributed by atoms with E-state index in [4.69, 9.17) is 11.6 Å². The molecule has 1 aliphatic rings. The van der Waals surface area contributed by atoms with E-state index >= 15 is 0 Å². The van der Waals surface area contributed by atoms with Gasteiger partial charge in [-0.1, -0.05) is 18.0 Å². The summed E-state index contributed by atoms with van der Waals surface area (Å²) in [6.45, 7) is 3.55. The van der Waals surface area contributed by atoms with Gasteiger partial charge in [0.2, 0.25) is 0 Å². The third-order valence-electron chi connectivity index (χ3n) is 3.54. The third-order valence-corrected chi connectivity index (χ3v) is 3.82. The Morgan fingerprint density at radius 3 is 2.84 bits per heavy atom. The van der Waals surface area contributed by atoms with Crippen molar-refractivity contribution in [1.82, 2.24) is 9.88 Å². The maximum Gasteiger partial charge on any atom is 0.255 e. The Bertz CT molecular complexity index is 460. The van der Waals surface area contributed by atoms with E-state index < -0.39 is 0 Å². The summed E-state index contributed by atoms with van der Waals surface area (Å²) >= 11 is 6.11. The lowest BCUT2D eigenvalue weighted by Crippen LogP contribution is -2.34. The molecule has 0 atom stereocenters. The Morgan fingerprint density at radius 1 is 1.58 bits per heavy atom. The SMILES string of the molecule is CCNc1ncc(C(=O)N(C)CC2CCC2)cc1Cl. The van der Waals surface area contributed by atoms with Crippen LogP contribution in [0.4, 0.5) is 5.82 Å². The van der Waals surface area contributed by atoms with Gasteiger partial charge in [0.1, 0.15) is 5.82 Å². The number of pyridine rings is 1. The Morgan fingerprint density at radius 2 is 2.32 bits per heavy atom. The lowest BCUT2D eigenvalue weighted by Gasteiger charge is -2.30. The predicted molar refractivity (Wildman–Crippen MR) is 77.7 cm³/mol. The summed E-state index contributed by atoms with van der Waals surface area (Å²) < 4.78 is 0. The van der Waals surface area contributed by atoms with Crippen LogP contribution in [0.5, 0.6) is 0 Å². The van der Waals surface area contributed by atoms with Crippen molar-refractivity contribution in [2.24, 2.45) is 5.92 Å². The van der Waals surface area contributed by atoms with Crippen molar-refractivity contribution >= 4 is 23.3 Å². The second-order valence-electron chi connectivity index (χ2n) is 5.07. The molecule has 2 rings (SSSR count). The van der Waals surface area contributed by atoms with Crippen molar-refractivity contribution in [3.8, 4) is 0 Å². The van der Waals surface area contributed by atoms with Crippen molar-refractivity contribution in [1.29, 1.82) is 0 Å². The van der Waals surface area contributed by atoms with Crippen LogP contribution in [-0.4, -0.2) is 35.9 Å². The number of halogens is 1. The van der Waals surface area contributed by atoms with Gasteiger partial charge in [-0.05, 0) is 31.7 Å². The highest BCUT2D eigenvalue weighted by molar-refractivity contribution is 6.33. The molecule has 1 aromatic rings. The van der Waals surface area contributed by atoms with E-state index in [2.05, 4.69) is 10.3 Å². The van der Waals surface area contributed by atoms with Gasteiger partial charge in [0.05, 0.1) is 10.6 Å². The Kier molecular flexibility index (Phi) is 4.64. The number of aromatic nitrogens is 1. The Labute approximate surface area is 119 Å². The van der Waals surface area contributed by atoms with Gasteiger partial charge in [-0.15, -0.1) is 0 Å². The average Bonchev–Trinajstić information content (AvgIpc) is 2.35. The van der Waals surface area contributed by atoms with Gasteiger partial charge >= 0.3 is 0 Å². The fourth-order valence-corrected chi connectivity index (χ4v) is 2.45. The average molecular weight is 282 g/mol. The molecule has 0 radical (unpaired) electrons. The molecule has 5 heteroatoms. The first-order valence-corrected chi connectivity index (χ1v) is 7.14.